The Hall–Kier alpha value is -2.13. The van der Waals surface area contributed by atoms with Crippen LogP contribution in [0.1, 0.15) is 62.6 Å². The highest BCUT2D eigenvalue weighted by Crippen LogP contribution is 2.52. The van der Waals surface area contributed by atoms with Crippen molar-refractivity contribution in [2.45, 2.75) is 57.5 Å². The molecular weight excluding hydrogens is 535 g/mol. The Labute approximate surface area is 228 Å². The van der Waals surface area contributed by atoms with E-state index in [2.05, 4.69) is 0 Å². The number of likely N-dealkylation sites (tertiary alicyclic amines) is 1. The molecule has 2 aliphatic rings. The summed E-state index contributed by atoms with van der Waals surface area (Å²) in [4.78, 5) is 27.9. The maximum atomic E-state index is 14.3. The van der Waals surface area contributed by atoms with Crippen LogP contribution in [0.4, 0.5) is 0 Å². The monoisotopic (exact) mass is 566 g/mol. The molecule has 2 aliphatic heterocycles. The molecule has 0 radical (unpaired) electrons. The van der Waals surface area contributed by atoms with Crippen LogP contribution in [0, 0.1) is 5.41 Å². The summed E-state index contributed by atoms with van der Waals surface area (Å²) in [6, 6.07) is 13.8. The third kappa shape index (κ3) is 5.82. The van der Waals surface area contributed by atoms with Crippen molar-refractivity contribution in [3.8, 4) is 0 Å². The number of halogens is 2. The Morgan fingerprint density at radius 2 is 1.84 bits per heavy atom. The summed E-state index contributed by atoms with van der Waals surface area (Å²) in [5.74, 6) is -1.51. The third-order valence-corrected chi connectivity index (χ3v) is 10.0. The van der Waals surface area contributed by atoms with Crippen molar-refractivity contribution in [2.24, 2.45) is 5.41 Å². The second kappa shape index (κ2) is 10.9. The highest BCUT2D eigenvalue weighted by atomic mass is 35.5. The lowest BCUT2D eigenvalue weighted by molar-refractivity contribution is -0.160. The first-order valence-corrected chi connectivity index (χ1v) is 14.8. The molecule has 1 N–H and O–H groups in total. The smallest absolute Gasteiger partial charge is 0.304 e. The molecule has 2 fully saturated rings. The number of hydrogen-bond acceptors (Lipinski definition) is 4. The number of rotatable bonds is 8. The number of carboxylic acids is 1. The first-order valence-electron chi connectivity index (χ1n) is 12.5. The van der Waals surface area contributed by atoms with E-state index >= 15 is 0 Å². The molecule has 37 heavy (non-hydrogen) atoms. The van der Waals surface area contributed by atoms with Gasteiger partial charge >= 0.3 is 5.97 Å². The van der Waals surface area contributed by atoms with Gasteiger partial charge in [-0.1, -0.05) is 61.3 Å². The van der Waals surface area contributed by atoms with Crippen molar-refractivity contribution in [2.75, 3.05) is 18.8 Å². The van der Waals surface area contributed by atoms with E-state index in [0.29, 0.717) is 35.9 Å². The zero-order valence-electron chi connectivity index (χ0n) is 20.9. The van der Waals surface area contributed by atoms with Crippen molar-refractivity contribution in [1.29, 1.82) is 0 Å². The van der Waals surface area contributed by atoms with Crippen LogP contribution in [0.3, 0.4) is 0 Å². The van der Waals surface area contributed by atoms with Crippen molar-refractivity contribution in [3.63, 3.8) is 0 Å². The summed E-state index contributed by atoms with van der Waals surface area (Å²) in [6.07, 6.45) is 1.04. The largest absolute Gasteiger partial charge is 0.481 e. The number of nitrogens with zero attached hydrogens (tertiary/aromatic N) is 2. The molecule has 10 heteroatoms. The third-order valence-electron chi connectivity index (χ3n) is 7.61. The average molecular weight is 568 g/mol. The highest BCUT2D eigenvalue weighted by Gasteiger charge is 2.52. The molecule has 2 aromatic rings. The summed E-state index contributed by atoms with van der Waals surface area (Å²) in [5.41, 5.74) is 0.562. The molecule has 0 saturated carbocycles. The first kappa shape index (κ1) is 27.9. The molecule has 4 rings (SSSR count). The van der Waals surface area contributed by atoms with Crippen LogP contribution in [-0.2, 0) is 19.6 Å². The van der Waals surface area contributed by atoms with E-state index in [1.165, 1.54) is 4.31 Å². The van der Waals surface area contributed by atoms with Crippen LogP contribution in [0.15, 0.2) is 48.5 Å². The lowest BCUT2D eigenvalue weighted by Crippen LogP contribution is -2.58. The SMILES string of the molecule is CCC(CN1CCCS1(=O)=O)N1C(=O)C(C)(CC(=O)O)CC(c2cccc(Cl)c2)C1c1ccc(Cl)cc1. The van der Waals surface area contributed by atoms with Gasteiger partial charge in [0.15, 0.2) is 0 Å². The van der Waals surface area contributed by atoms with Crippen molar-refractivity contribution < 1.29 is 23.1 Å². The molecule has 200 valence electrons. The van der Waals surface area contributed by atoms with Crippen LogP contribution in [0.25, 0.3) is 0 Å². The van der Waals surface area contributed by atoms with Gasteiger partial charge in [-0.05, 0) is 54.7 Å². The molecule has 2 saturated heterocycles. The average Bonchev–Trinajstić information content (AvgIpc) is 3.17. The second-order valence-corrected chi connectivity index (χ2v) is 13.3. The number of sulfonamides is 1. The molecule has 0 spiro atoms. The normalized spacial score (nSPS) is 26.8. The zero-order chi connectivity index (χ0) is 27.0. The van der Waals surface area contributed by atoms with E-state index < -0.39 is 33.5 Å². The number of carbonyl (C=O) groups excluding carboxylic acids is 1. The van der Waals surface area contributed by atoms with E-state index in [1.54, 1.807) is 30.0 Å². The van der Waals surface area contributed by atoms with Gasteiger partial charge in [0.25, 0.3) is 0 Å². The van der Waals surface area contributed by atoms with Crippen LogP contribution in [0.5, 0.6) is 0 Å². The van der Waals surface area contributed by atoms with Crippen molar-refractivity contribution >= 4 is 45.1 Å². The molecule has 4 unspecified atom stereocenters. The molecule has 1 amide bonds. The van der Waals surface area contributed by atoms with Crippen LogP contribution in [-0.4, -0.2) is 59.5 Å². The Balaban J connectivity index is 1.88. The number of carboxylic acid groups (broad SMARTS) is 1. The van der Waals surface area contributed by atoms with E-state index in [-0.39, 0.29) is 30.5 Å². The lowest BCUT2D eigenvalue weighted by atomic mass is 9.67. The summed E-state index contributed by atoms with van der Waals surface area (Å²) in [6.45, 7) is 4.21. The van der Waals surface area contributed by atoms with E-state index in [4.69, 9.17) is 23.2 Å². The van der Waals surface area contributed by atoms with Crippen LogP contribution < -0.4 is 0 Å². The molecular formula is C27H32Cl2N2O5S. The number of piperidine rings is 1. The maximum Gasteiger partial charge on any atom is 0.304 e. The predicted molar refractivity (Wildman–Crippen MR) is 144 cm³/mol. The summed E-state index contributed by atoms with van der Waals surface area (Å²) >= 11 is 12.6. The van der Waals surface area contributed by atoms with Crippen LogP contribution in [0.2, 0.25) is 10.0 Å². The Kier molecular flexibility index (Phi) is 8.24. The van der Waals surface area contributed by atoms with Gasteiger partial charge in [0.2, 0.25) is 15.9 Å². The summed E-state index contributed by atoms with van der Waals surface area (Å²) < 4.78 is 26.8. The van der Waals surface area contributed by atoms with Gasteiger partial charge in [-0.15, -0.1) is 0 Å². The molecule has 0 aliphatic carbocycles. The lowest BCUT2D eigenvalue weighted by Gasteiger charge is -2.52. The van der Waals surface area contributed by atoms with E-state index in [0.717, 1.165) is 11.1 Å². The van der Waals surface area contributed by atoms with Gasteiger partial charge in [-0.3, -0.25) is 9.59 Å². The maximum absolute atomic E-state index is 14.3. The summed E-state index contributed by atoms with van der Waals surface area (Å²) in [5, 5.41) is 10.9. The predicted octanol–water partition coefficient (Wildman–Crippen LogP) is 5.35. The fourth-order valence-corrected chi connectivity index (χ4v) is 7.71. The highest BCUT2D eigenvalue weighted by molar-refractivity contribution is 7.89. The topological polar surface area (TPSA) is 95.0 Å². The first-order chi connectivity index (χ1) is 17.4. The minimum Gasteiger partial charge on any atom is -0.481 e. The molecule has 4 atom stereocenters. The minimum atomic E-state index is -3.39. The van der Waals surface area contributed by atoms with Gasteiger partial charge in [-0.25, -0.2) is 8.42 Å². The Morgan fingerprint density at radius 3 is 2.41 bits per heavy atom. The van der Waals surface area contributed by atoms with Gasteiger partial charge < -0.3 is 10.0 Å². The van der Waals surface area contributed by atoms with Crippen LogP contribution >= 0.6 is 23.2 Å². The molecule has 2 heterocycles. The van der Waals surface area contributed by atoms with E-state index in [1.807, 2.05) is 37.3 Å². The number of carbonyl (C=O) groups is 2. The van der Waals surface area contributed by atoms with Gasteiger partial charge in [0.1, 0.15) is 0 Å². The number of benzene rings is 2. The molecule has 7 nitrogen and oxygen atoms in total. The Morgan fingerprint density at radius 1 is 1.14 bits per heavy atom. The van der Waals surface area contributed by atoms with Gasteiger partial charge in [-0.2, -0.15) is 4.31 Å². The fourth-order valence-electron chi connectivity index (χ4n) is 5.83. The summed E-state index contributed by atoms with van der Waals surface area (Å²) in [7, 11) is -3.39. The van der Waals surface area contributed by atoms with E-state index in [9.17, 15) is 23.1 Å². The molecule has 0 aromatic heterocycles. The Bertz CT molecular complexity index is 1270. The standard InChI is InChI=1S/C27H32Cl2N2O5S/c1-3-22(17-30-12-5-13-37(30,35)36)31-25(18-8-10-20(28)11-9-18)23(19-6-4-7-21(29)14-19)15-27(2,26(31)34)16-24(32)33/h4,6-11,14,22-23,25H,3,5,12-13,15-17H2,1-2H3,(H,32,33). The van der Waals surface area contributed by atoms with Crippen molar-refractivity contribution in [1.82, 2.24) is 9.21 Å². The van der Waals surface area contributed by atoms with Gasteiger partial charge in [0, 0.05) is 35.1 Å². The zero-order valence-corrected chi connectivity index (χ0v) is 23.3. The minimum absolute atomic E-state index is 0.0971. The molecule has 2 aromatic carbocycles. The molecule has 0 bridgehead atoms. The fraction of sp³-hybridized carbons (Fsp3) is 0.481. The number of hydrogen-bond donors (Lipinski definition) is 1. The van der Waals surface area contributed by atoms with Crippen molar-refractivity contribution in [3.05, 3.63) is 69.7 Å². The quantitative estimate of drug-likeness (QED) is 0.465. The second-order valence-electron chi connectivity index (χ2n) is 10.3. The number of amides is 1. The number of aliphatic carboxylic acids is 1. The van der Waals surface area contributed by atoms with Gasteiger partial charge in [0.05, 0.1) is 23.6 Å².